The first-order valence-electron chi connectivity index (χ1n) is 11.2. The van der Waals surface area contributed by atoms with E-state index in [2.05, 4.69) is 0 Å². The van der Waals surface area contributed by atoms with Crippen LogP contribution in [0.25, 0.3) is 6.08 Å². The van der Waals surface area contributed by atoms with Gasteiger partial charge in [0.25, 0.3) is 0 Å². The van der Waals surface area contributed by atoms with Crippen molar-refractivity contribution in [1.82, 2.24) is 0 Å². The molecule has 35 heavy (non-hydrogen) atoms. The summed E-state index contributed by atoms with van der Waals surface area (Å²) < 4.78 is 16.8. The molecule has 1 heterocycles. The van der Waals surface area contributed by atoms with Gasteiger partial charge in [0, 0.05) is 5.69 Å². The molecule has 0 amide bonds. The third kappa shape index (κ3) is 5.18. The molecule has 0 N–H and O–H groups in total. The molecule has 178 valence electrons. The Bertz CT molecular complexity index is 1250. The number of carbonyl (C=O) groups excluding carboxylic acids is 2. The number of benzene rings is 3. The van der Waals surface area contributed by atoms with E-state index in [0.29, 0.717) is 5.69 Å². The first-order valence-corrected chi connectivity index (χ1v) is 11.2. The van der Waals surface area contributed by atoms with Gasteiger partial charge in [-0.1, -0.05) is 78.9 Å². The van der Waals surface area contributed by atoms with Crippen LogP contribution in [0.15, 0.2) is 102 Å². The molecule has 0 fully saturated rings. The highest BCUT2D eigenvalue weighted by Crippen LogP contribution is 2.41. The van der Waals surface area contributed by atoms with E-state index in [-0.39, 0.29) is 11.3 Å². The van der Waals surface area contributed by atoms with Gasteiger partial charge in [-0.3, -0.25) is 0 Å². The predicted molar refractivity (Wildman–Crippen MR) is 134 cm³/mol. The molecule has 3 aromatic carbocycles. The SMILES string of the molecule is COC(=O)C1=C(C(=O)OC)N(c2cccc(C)c2)[C@@H](/C=C/c2ccccc2)O[C@H]1c1ccccc1. The highest BCUT2D eigenvalue weighted by Gasteiger charge is 2.43. The van der Waals surface area contributed by atoms with Crippen LogP contribution >= 0.6 is 0 Å². The highest BCUT2D eigenvalue weighted by atomic mass is 16.5. The molecule has 0 unspecified atom stereocenters. The minimum atomic E-state index is -0.843. The monoisotopic (exact) mass is 469 g/mol. The van der Waals surface area contributed by atoms with Gasteiger partial charge in [-0.05, 0) is 41.8 Å². The normalized spacial score (nSPS) is 18.0. The number of ether oxygens (including phenoxy) is 3. The van der Waals surface area contributed by atoms with Gasteiger partial charge in [0.1, 0.15) is 17.4 Å². The summed E-state index contributed by atoms with van der Waals surface area (Å²) in [6.07, 6.45) is 2.23. The van der Waals surface area contributed by atoms with Crippen molar-refractivity contribution in [2.24, 2.45) is 0 Å². The molecular weight excluding hydrogens is 442 g/mol. The van der Waals surface area contributed by atoms with Crippen LogP contribution in [0.2, 0.25) is 0 Å². The fourth-order valence-electron chi connectivity index (χ4n) is 4.08. The molecule has 0 aromatic heterocycles. The number of hydrogen-bond donors (Lipinski definition) is 0. The number of methoxy groups -OCH3 is 2. The zero-order valence-corrected chi connectivity index (χ0v) is 19.9. The maximum atomic E-state index is 13.3. The maximum absolute atomic E-state index is 13.3. The van der Waals surface area contributed by atoms with Gasteiger partial charge < -0.3 is 19.1 Å². The minimum Gasteiger partial charge on any atom is -0.466 e. The van der Waals surface area contributed by atoms with Crippen molar-refractivity contribution in [2.75, 3.05) is 19.1 Å². The summed E-state index contributed by atoms with van der Waals surface area (Å²) in [5, 5.41) is 0. The molecule has 0 aliphatic carbocycles. The van der Waals surface area contributed by atoms with Crippen LogP contribution < -0.4 is 4.90 Å². The van der Waals surface area contributed by atoms with Crippen molar-refractivity contribution in [3.8, 4) is 0 Å². The molecule has 0 bridgehead atoms. The van der Waals surface area contributed by atoms with Crippen molar-refractivity contribution in [3.63, 3.8) is 0 Å². The second-order valence-corrected chi connectivity index (χ2v) is 8.04. The second-order valence-electron chi connectivity index (χ2n) is 8.04. The van der Waals surface area contributed by atoms with E-state index in [1.165, 1.54) is 14.2 Å². The zero-order valence-electron chi connectivity index (χ0n) is 19.9. The second kappa shape index (κ2) is 10.8. The molecule has 0 saturated carbocycles. The largest absolute Gasteiger partial charge is 0.466 e. The van der Waals surface area contributed by atoms with Gasteiger partial charge in [0.15, 0.2) is 6.23 Å². The number of rotatable bonds is 6. The first-order chi connectivity index (χ1) is 17.0. The molecule has 0 radical (unpaired) electrons. The van der Waals surface area contributed by atoms with E-state index >= 15 is 0 Å². The molecule has 1 aliphatic heterocycles. The van der Waals surface area contributed by atoms with E-state index < -0.39 is 24.3 Å². The molecule has 4 rings (SSSR count). The molecule has 6 nitrogen and oxygen atoms in total. The van der Waals surface area contributed by atoms with Crippen molar-refractivity contribution < 1.29 is 23.8 Å². The average Bonchev–Trinajstić information content (AvgIpc) is 2.91. The number of hydrogen-bond acceptors (Lipinski definition) is 6. The van der Waals surface area contributed by atoms with Crippen LogP contribution in [0.4, 0.5) is 5.69 Å². The Hall–Kier alpha value is -4.16. The van der Waals surface area contributed by atoms with Gasteiger partial charge in [-0.2, -0.15) is 0 Å². The number of anilines is 1. The minimum absolute atomic E-state index is 0.0766. The molecular formula is C29H27NO5. The van der Waals surface area contributed by atoms with Gasteiger partial charge in [0.05, 0.1) is 14.2 Å². The van der Waals surface area contributed by atoms with Crippen molar-refractivity contribution >= 4 is 23.7 Å². The highest BCUT2D eigenvalue weighted by molar-refractivity contribution is 6.04. The van der Waals surface area contributed by atoms with E-state index in [0.717, 1.165) is 16.7 Å². The average molecular weight is 470 g/mol. The summed E-state index contributed by atoms with van der Waals surface area (Å²) in [6.45, 7) is 1.96. The van der Waals surface area contributed by atoms with Crippen LogP contribution in [0, 0.1) is 6.92 Å². The van der Waals surface area contributed by atoms with Crippen LogP contribution in [0.5, 0.6) is 0 Å². The lowest BCUT2D eigenvalue weighted by Gasteiger charge is -2.41. The summed E-state index contributed by atoms with van der Waals surface area (Å²) in [4.78, 5) is 28.0. The molecule has 3 aromatic rings. The van der Waals surface area contributed by atoms with E-state index in [4.69, 9.17) is 14.2 Å². The Morgan fingerprint density at radius 3 is 2.14 bits per heavy atom. The molecule has 0 saturated heterocycles. The van der Waals surface area contributed by atoms with Crippen LogP contribution in [0.1, 0.15) is 22.8 Å². The van der Waals surface area contributed by atoms with Crippen LogP contribution in [-0.4, -0.2) is 32.4 Å². The molecule has 1 aliphatic rings. The number of nitrogens with zero attached hydrogens (tertiary/aromatic N) is 1. The smallest absolute Gasteiger partial charge is 0.355 e. The predicted octanol–water partition coefficient (Wildman–Crippen LogP) is 5.21. The van der Waals surface area contributed by atoms with Crippen LogP contribution in [0.3, 0.4) is 0 Å². The van der Waals surface area contributed by atoms with Crippen molar-refractivity contribution in [1.29, 1.82) is 0 Å². The first kappa shape index (κ1) is 24.0. The third-order valence-corrected chi connectivity index (χ3v) is 5.71. The van der Waals surface area contributed by atoms with E-state index in [1.807, 2.05) is 104 Å². The van der Waals surface area contributed by atoms with Gasteiger partial charge in [-0.15, -0.1) is 0 Å². The topological polar surface area (TPSA) is 65.1 Å². The quantitative estimate of drug-likeness (QED) is 0.462. The summed E-state index contributed by atoms with van der Waals surface area (Å²) in [7, 11) is 2.57. The van der Waals surface area contributed by atoms with Gasteiger partial charge in [-0.25, -0.2) is 9.59 Å². The Kier molecular flexibility index (Phi) is 7.43. The summed E-state index contributed by atoms with van der Waals surface area (Å²) >= 11 is 0. The Balaban J connectivity index is 1.96. The standard InChI is InChI=1S/C29H27NO5/c1-20-11-10-16-23(19-20)30-24(18-17-21-12-6-4-7-13-21)35-27(22-14-8-5-9-15-22)25(28(31)33-2)26(30)29(32)34-3/h4-19,24,27H,1-3H3/b18-17+/t24-,27+/m1/s1. The molecule has 0 spiro atoms. The number of carbonyl (C=O) groups is 2. The summed E-state index contributed by atoms with van der Waals surface area (Å²) in [5.74, 6) is -1.32. The number of aryl methyl sites for hydroxylation is 1. The fraction of sp³-hybridized carbons (Fsp3) is 0.172. The Labute approximate surface area is 205 Å². The van der Waals surface area contributed by atoms with Gasteiger partial charge >= 0.3 is 11.9 Å². The van der Waals surface area contributed by atoms with Crippen LogP contribution in [-0.2, 0) is 23.8 Å². The summed E-state index contributed by atoms with van der Waals surface area (Å²) in [6, 6.07) is 26.7. The summed E-state index contributed by atoms with van der Waals surface area (Å²) in [5.41, 5.74) is 3.52. The molecule has 2 atom stereocenters. The lowest BCUT2D eigenvalue weighted by atomic mass is 9.96. The lowest BCUT2D eigenvalue weighted by Crippen LogP contribution is -2.46. The maximum Gasteiger partial charge on any atom is 0.355 e. The van der Waals surface area contributed by atoms with Gasteiger partial charge in [0.2, 0.25) is 0 Å². The lowest BCUT2D eigenvalue weighted by molar-refractivity contribution is -0.142. The van der Waals surface area contributed by atoms with E-state index in [9.17, 15) is 9.59 Å². The Morgan fingerprint density at radius 1 is 0.857 bits per heavy atom. The molecule has 6 heteroatoms. The zero-order chi connectivity index (χ0) is 24.8. The fourth-order valence-corrected chi connectivity index (χ4v) is 4.08. The van der Waals surface area contributed by atoms with E-state index in [1.54, 1.807) is 4.90 Å². The Morgan fingerprint density at radius 2 is 1.51 bits per heavy atom. The van der Waals surface area contributed by atoms with Crippen molar-refractivity contribution in [3.05, 3.63) is 119 Å². The number of esters is 2. The third-order valence-electron chi connectivity index (χ3n) is 5.71. The van der Waals surface area contributed by atoms with Crippen molar-refractivity contribution in [2.45, 2.75) is 19.3 Å².